The maximum atomic E-state index is 13.5. The molecule has 0 heterocycles. The average Bonchev–Trinajstić information content (AvgIpc) is 2.41. The van der Waals surface area contributed by atoms with E-state index in [0.29, 0.717) is 12.2 Å². The van der Waals surface area contributed by atoms with Gasteiger partial charge in [0, 0.05) is 19.2 Å². The van der Waals surface area contributed by atoms with Gasteiger partial charge >= 0.3 is 0 Å². The number of nitrogens with one attached hydrogen (secondary N) is 2. The summed E-state index contributed by atoms with van der Waals surface area (Å²) in [6.07, 6.45) is 0. The predicted octanol–water partition coefficient (Wildman–Crippen LogP) is 3.10. The van der Waals surface area contributed by atoms with E-state index in [0.717, 1.165) is 5.56 Å². The van der Waals surface area contributed by atoms with Crippen molar-refractivity contribution in [3.05, 3.63) is 53.8 Å². The molecule has 0 unspecified atom stereocenters. The number of phenolic OH excluding ortho intramolecular Hbond substituents is 1. The second-order valence-corrected chi connectivity index (χ2v) is 4.40. The quantitative estimate of drug-likeness (QED) is 0.802. The lowest BCUT2D eigenvalue weighted by atomic mass is 10.2. The Kier molecular flexibility index (Phi) is 4.20. The number of amides is 1. The second kappa shape index (κ2) is 6.06. The number of carbonyl (C=O) groups excluding carboxylic acids is 1. The van der Waals surface area contributed by atoms with E-state index in [1.165, 1.54) is 19.1 Å². The summed E-state index contributed by atoms with van der Waals surface area (Å²) in [5.41, 5.74) is 1.82. The Labute approximate surface area is 116 Å². The van der Waals surface area contributed by atoms with Crippen LogP contribution in [0.15, 0.2) is 42.5 Å². The van der Waals surface area contributed by atoms with Crippen LogP contribution in [0, 0.1) is 5.82 Å². The van der Waals surface area contributed by atoms with Crippen LogP contribution in [-0.4, -0.2) is 11.0 Å². The van der Waals surface area contributed by atoms with Gasteiger partial charge in [-0.05, 0) is 35.9 Å². The van der Waals surface area contributed by atoms with Crippen LogP contribution >= 0.6 is 0 Å². The second-order valence-electron chi connectivity index (χ2n) is 4.40. The van der Waals surface area contributed by atoms with E-state index in [4.69, 9.17) is 0 Å². The van der Waals surface area contributed by atoms with Gasteiger partial charge in [0.2, 0.25) is 5.91 Å². The molecule has 0 saturated carbocycles. The van der Waals surface area contributed by atoms with Crippen molar-refractivity contribution in [1.29, 1.82) is 0 Å². The number of phenols is 1. The van der Waals surface area contributed by atoms with Gasteiger partial charge in [-0.1, -0.05) is 12.1 Å². The number of carbonyl (C=O) groups is 1. The maximum absolute atomic E-state index is 13.5. The molecule has 2 aromatic rings. The van der Waals surface area contributed by atoms with E-state index >= 15 is 0 Å². The molecule has 0 aliphatic heterocycles. The monoisotopic (exact) mass is 274 g/mol. The Balaban J connectivity index is 2.06. The largest absolute Gasteiger partial charge is 0.508 e. The predicted molar refractivity (Wildman–Crippen MR) is 76.1 cm³/mol. The smallest absolute Gasteiger partial charge is 0.221 e. The van der Waals surface area contributed by atoms with Crippen molar-refractivity contribution in [3.8, 4) is 5.75 Å². The van der Waals surface area contributed by atoms with Crippen LogP contribution in [-0.2, 0) is 11.3 Å². The third kappa shape index (κ3) is 3.71. The van der Waals surface area contributed by atoms with E-state index in [-0.39, 0.29) is 17.3 Å². The first-order valence-corrected chi connectivity index (χ1v) is 6.13. The van der Waals surface area contributed by atoms with Crippen LogP contribution in [0.25, 0.3) is 0 Å². The normalized spacial score (nSPS) is 10.1. The molecule has 0 radical (unpaired) electrons. The molecule has 0 aromatic heterocycles. The van der Waals surface area contributed by atoms with Crippen LogP contribution in [0.2, 0.25) is 0 Å². The molecule has 0 aliphatic rings. The zero-order valence-electron chi connectivity index (χ0n) is 11.0. The first kappa shape index (κ1) is 13.9. The first-order valence-electron chi connectivity index (χ1n) is 6.13. The van der Waals surface area contributed by atoms with Crippen molar-refractivity contribution in [2.45, 2.75) is 13.5 Å². The minimum absolute atomic E-state index is 0.146. The number of benzene rings is 2. The van der Waals surface area contributed by atoms with E-state index in [1.807, 2.05) is 0 Å². The fourth-order valence-electron chi connectivity index (χ4n) is 1.74. The topological polar surface area (TPSA) is 61.4 Å². The van der Waals surface area contributed by atoms with Crippen molar-refractivity contribution < 1.29 is 14.3 Å². The number of hydrogen-bond donors (Lipinski definition) is 3. The van der Waals surface area contributed by atoms with E-state index < -0.39 is 5.82 Å². The summed E-state index contributed by atoms with van der Waals surface area (Å²) in [7, 11) is 0. The van der Waals surface area contributed by atoms with Crippen LogP contribution in [0.3, 0.4) is 0 Å². The van der Waals surface area contributed by atoms with Gasteiger partial charge in [-0.3, -0.25) is 4.79 Å². The Bertz CT molecular complexity index is 612. The van der Waals surface area contributed by atoms with Gasteiger partial charge in [0.15, 0.2) is 0 Å². The number of halogens is 1. The highest BCUT2D eigenvalue weighted by atomic mass is 19.1. The van der Waals surface area contributed by atoms with Gasteiger partial charge < -0.3 is 15.7 Å². The SMILES string of the molecule is CC(=O)Nc1cc(NCc2ccc(O)cc2)ccc1F. The Morgan fingerprint density at radius 3 is 2.55 bits per heavy atom. The molecule has 0 fully saturated rings. The van der Waals surface area contributed by atoms with Crippen LogP contribution in [0.5, 0.6) is 5.75 Å². The van der Waals surface area contributed by atoms with E-state index in [2.05, 4.69) is 10.6 Å². The highest BCUT2D eigenvalue weighted by molar-refractivity contribution is 5.89. The first-order chi connectivity index (χ1) is 9.54. The number of hydrogen-bond acceptors (Lipinski definition) is 3. The summed E-state index contributed by atoms with van der Waals surface area (Å²) in [6.45, 7) is 1.86. The van der Waals surface area contributed by atoms with E-state index in [9.17, 15) is 14.3 Å². The van der Waals surface area contributed by atoms with Crippen molar-refractivity contribution in [1.82, 2.24) is 0 Å². The van der Waals surface area contributed by atoms with Crippen molar-refractivity contribution in [2.75, 3.05) is 10.6 Å². The van der Waals surface area contributed by atoms with Gasteiger partial charge in [-0.2, -0.15) is 0 Å². The van der Waals surface area contributed by atoms with Crippen molar-refractivity contribution in [2.24, 2.45) is 0 Å². The molecule has 0 atom stereocenters. The highest BCUT2D eigenvalue weighted by Crippen LogP contribution is 2.20. The zero-order chi connectivity index (χ0) is 14.5. The standard InChI is InChI=1S/C15H15FN2O2/c1-10(19)18-15-8-12(4-7-14(15)16)17-9-11-2-5-13(20)6-3-11/h2-8,17,20H,9H2,1H3,(H,18,19). The molecule has 5 heteroatoms. The van der Waals surface area contributed by atoms with Crippen LogP contribution < -0.4 is 10.6 Å². The van der Waals surface area contributed by atoms with Gasteiger partial charge in [-0.15, -0.1) is 0 Å². The number of anilines is 2. The summed E-state index contributed by atoms with van der Waals surface area (Å²) >= 11 is 0. The summed E-state index contributed by atoms with van der Waals surface area (Å²) in [5.74, 6) is -0.585. The molecule has 20 heavy (non-hydrogen) atoms. The third-order valence-electron chi connectivity index (χ3n) is 2.71. The fourth-order valence-corrected chi connectivity index (χ4v) is 1.74. The molecule has 2 aromatic carbocycles. The summed E-state index contributed by atoms with van der Waals surface area (Å²) in [5, 5.41) is 14.7. The molecule has 0 spiro atoms. The molecule has 0 bridgehead atoms. The molecule has 2 rings (SSSR count). The summed E-state index contributed by atoms with van der Waals surface area (Å²) in [6, 6.07) is 11.2. The molecule has 0 saturated heterocycles. The summed E-state index contributed by atoms with van der Waals surface area (Å²) in [4.78, 5) is 11.0. The maximum Gasteiger partial charge on any atom is 0.221 e. The fraction of sp³-hybridized carbons (Fsp3) is 0.133. The molecule has 0 aliphatic carbocycles. The molecule has 1 amide bonds. The molecule has 3 N–H and O–H groups in total. The van der Waals surface area contributed by atoms with Gasteiger partial charge in [0.25, 0.3) is 0 Å². The van der Waals surface area contributed by atoms with Crippen LogP contribution in [0.4, 0.5) is 15.8 Å². The average molecular weight is 274 g/mol. The Morgan fingerprint density at radius 2 is 1.90 bits per heavy atom. The Morgan fingerprint density at radius 1 is 1.20 bits per heavy atom. The van der Waals surface area contributed by atoms with Gasteiger partial charge in [0.1, 0.15) is 11.6 Å². The Hall–Kier alpha value is -2.56. The van der Waals surface area contributed by atoms with Gasteiger partial charge in [0.05, 0.1) is 5.69 Å². The molecule has 104 valence electrons. The summed E-state index contributed by atoms with van der Waals surface area (Å²) < 4.78 is 13.5. The minimum Gasteiger partial charge on any atom is -0.508 e. The van der Waals surface area contributed by atoms with Crippen molar-refractivity contribution >= 4 is 17.3 Å². The zero-order valence-corrected chi connectivity index (χ0v) is 11.0. The van der Waals surface area contributed by atoms with Crippen LogP contribution in [0.1, 0.15) is 12.5 Å². The molecular formula is C15H15FN2O2. The highest BCUT2D eigenvalue weighted by Gasteiger charge is 2.05. The number of aromatic hydroxyl groups is 1. The molecule has 4 nitrogen and oxygen atoms in total. The third-order valence-corrected chi connectivity index (χ3v) is 2.71. The molecular weight excluding hydrogens is 259 g/mol. The lowest BCUT2D eigenvalue weighted by Gasteiger charge is -2.10. The minimum atomic E-state index is -0.476. The lowest BCUT2D eigenvalue weighted by Crippen LogP contribution is -2.08. The number of rotatable bonds is 4. The van der Waals surface area contributed by atoms with E-state index in [1.54, 1.807) is 30.3 Å². The van der Waals surface area contributed by atoms with Crippen molar-refractivity contribution in [3.63, 3.8) is 0 Å². The van der Waals surface area contributed by atoms with Gasteiger partial charge in [-0.25, -0.2) is 4.39 Å². The lowest BCUT2D eigenvalue weighted by molar-refractivity contribution is -0.114.